The molecule has 34 heavy (non-hydrogen) atoms. The topological polar surface area (TPSA) is 100 Å². The third kappa shape index (κ3) is 5.60. The van der Waals surface area contributed by atoms with Crippen molar-refractivity contribution in [2.45, 2.75) is 32.6 Å². The van der Waals surface area contributed by atoms with Gasteiger partial charge in [0.15, 0.2) is 0 Å². The van der Waals surface area contributed by atoms with E-state index in [9.17, 15) is 0 Å². The predicted molar refractivity (Wildman–Crippen MR) is 144 cm³/mol. The van der Waals surface area contributed by atoms with Crippen LogP contribution in [-0.2, 0) is 0 Å². The van der Waals surface area contributed by atoms with Gasteiger partial charge in [0.2, 0.25) is 0 Å². The molecule has 4 aromatic rings. The molecule has 2 aromatic carbocycles. The van der Waals surface area contributed by atoms with Gasteiger partial charge in [-0.15, -0.1) is 0 Å². The molecule has 0 unspecified atom stereocenters. The van der Waals surface area contributed by atoms with Crippen LogP contribution in [0, 0.1) is 6.92 Å². The maximum Gasteiger partial charge on any atom is 0.136 e. The number of aromatic amines is 1. The van der Waals surface area contributed by atoms with Gasteiger partial charge in [-0.2, -0.15) is 0 Å². The molecule has 0 saturated heterocycles. The Bertz CT molecular complexity index is 1220. The standard InChI is InChI=1S/C27H38N6O/c1-19-18-32-27(31-16-6-15-30-13-4-3-12-29-14-5-11-28)25-24-22-9-8-21(34-2)17-20(22)7-10-23(24)33-26(19)25/h7-10,17-18,29-30,33H,3-6,11-16,28H2,1-2H3,(H,31,32). The minimum absolute atomic E-state index is 0.762. The van der Waals surface area contributed by atoms with Crippen LogP contribution in [0.2, 0.25) is 0 Å². The van der Waals surface area contributed by atoms with Gasteiger partial charge < -0.3 is 31.4 Å². The first-order valence-electron chi connectivity index (χ1n) is 12.5. The number of H-pyrrole nitrogens is 1. The summed E-state index contributed by atoms with van der Waals surface area (Å²) >= 11 is 0. The summed E-state index contributed by atoms with van der Waals surface area (Å²) in [5, 5.41) is 15.3. The fraction of sp³-hybridized carbons (Fsp3) is 0.444. The van der Waals surface area contributed by atoms with Crippen molar-refractivity contribution in [2.75, 3.05) is 51.7 Å². The van der Waals surface area contributed by atoms with Gasteiger partial charge in [-0.05, 0) is 106 Å². The van der Waals surface area contributed by atoms with Crippen LogP contribution in [0.15, 0.2) is 36.5 Å². The summed E-state index contributed by atoms with van der Waals surface area (Å²) in [6, 6.07) is 10.6. The molecule has 0 spiro atoms. The van der Waals surface area contributed by atoms with Crippen molar-refractivity contribution in [3.8, 4) is 5.75 Å². The van der Waals surface area contributed by atoms with E-state index in [-0.39, 0.29) is 0 Å². The minimum Gasteiger partial charge on any atom is -0.497 e. The van der Waals surface area contributed by atoms with Crippen molar-refractivity contribution in [3.63, 3.8) is 0 Å². The van der Waals surface area contributed by atoms with Crippen molar-refractivity contribution in [1.82, 2.24) is 20.6 Å². The molecule has 2 aromatic heterocycles. The number of aryl methyl sites for hydroxylation is 1. The third-order valence-corrected chi connectivity index (χ3v) is 6.34. The van der Waals surface area contributed by atoms with E-state index in [0.717, 1.165) is 80.3 Å². The fourth-order valence-corrected chi connectivity index (χ4v) is 4.48. The Hall–Kier alpha value is -2.87. The van der Waals surface area contributed by atoms with Gasteiger partial charge in [-0.3, -0.25) is 0 Å². The lowest BCUT2D eigenvalue weighted by molar-refractivity contribution is 0.415. The maximum absolute atomic E-state index is 5.51. The second-order valence-corrected chi connectivity index (χ2v) is 8.87. The van der Waals surface area contributed by atoms with Gasteiger partial charge in [0, 0.05) is 23.6 Å². The van der Waals surface area contributed by atoms with Gasteiger partial charge in [-0.1, -0.05) is 6.07 Å². The van der Waals surface area contributed by atoms with E-state index in [4.69, 9.17) is 15.5 Å². The maximum atomic E-state index is 5.51. The Morgan fingerprint density at radius 1 is 0.912 bits per heavy atom. The average Bonchev–Trinajstić information content (AvgIpc) is 3.27. The molecular formula is C27H38N6O. The Morgan fingerprint density at radius 2 is 1.68 bits per heavy atom. The largest absolute Gasteiger partial charge is 0.497 e. The molecule has 2 heterocycles. The van der Waals surface area contributed by atoms with Crippen LogP contribution in [0.1, 0.15) is 31.2 Å². The number of unbranched alkanes of at least 4 members (excludes halogenated alkanes) is 1. The zero-order valence-electron chi connectivity index (χ0n) is 20.5. The fourth-order valence-electron chi connectivity index (χ4n) is 4.48. The Kier molecular flexibility index (Phi) is 8.57. The molecular weight excluding hydrogens is 424 g/mol. The first-order chi connectivity index (χ1) is 16.7. The van der Waals surface area contributed by atoms with Gasteiger partial charge >= 0.3 is 0 Å². The molecule has 7 nitrogen and oxygen atoms in total. The number of hydrogen-bond donors (Lipinski definition) is 5. The highest BCUT2D eigenvalue weighted by atomic mass is 16.5. The summed E-state index contributed by atoms with van der Waals surface area (Å²) in [6.07, 6.45) is 6.44. The number of aromatic nitrogens is 2. The number of anilines is 1. The molecule has 6 N–H and O–H groups in total. The minimum atomic E-state index is 0.762. The van der Waals surface area contributed by atoms with Crippen LogP contribution in [0.25, 0.3) is 32.6 Å². The van der Waals surface area contributed by atoms with Gasteiger partial charge in [0.05, 0.1) is 18.0 Å². The number of nitrogens with one attached hydrogen (secondary N) is 4. The number of hydrogen-bond acceptors (Lipinski definition) is 6. The highest BCUT2D eigenvalue weighted by Crippen LogP contribution is 2.37. The second kappa shape index (κ2) is 12.0. The molecule has 0 atom stereocenters. The number of fused-ring (bicyclic) bond motifs is 5. The van der Waals surface area contributed by atoms with Crippen LogP contribution in [0.3, 0.4) is 0 Å². The van der Waals surface area contributed by atoms with E-state index in [1.807, 2.05) is 12.3 Å². The monoisotopic (exact) mass is 462 g/mol. The smallest absolute Gasteiger partial charge is 0.136 e. The molecule has 0 amide bonds. The van der Waals surface area contributed by atoms with Crippen molar-refractivity contribution in [3.05, 3.63) is 42.1 Å². The van der Waals surface area contributed by atoms with Gasteiger partial charge in [0.25, 0.3) is 0 Å². The summed E-state index contributed by atoms with van der Waals surface area (Å²) in [5.74, 6) is 1.81. The number of ether oxygens (including phenoxy) is 1. The average molecular weight is 463 g/mol. The molecule has 0 aliphatic heterocycles. The number of pyridine rings is 1. The van der Waals surface area contributed by atoms with Crippen LogP contribution < -0.4 is 26.4 Å². The van der Waals surface area contributed by atoms with Crippen molar-refractivity contribution in [2.24, 2.45) is 5.73 Å². The van der Waals surface area contributed by atoms with E-state index in [2.05, 4.69) is 52.1 Å². The third-order valence-electron chi connectivity index (χ3n) is 6.34. The molecule has 0 bridgehead atoms. The van der Waals surface area contributed by atoms with Gasteiger partial charge in [-0.25, -0.2) is 4.98 Å². The Morgan fingerprint density at radius 3 is 2.44 bits per heavy atom. The molecule has 0 saturated carbocycles. The summed E-state index contributed by atoms with van der Waals surface area (Å²) in [5.41, 5.74) is 8.93. The molecule has 7 heteroatoms. The lowest BCUT2D eigenvalue weighted by atomic mass is 10.0. The zero-order valence-corrected chi connectivity index (χ0v) is 20.5. The number of rotatable bonds is 14. The van der Waals surface area contributed by atoms with Gasteiger partial charge in [0.1, 0.15) is 11.6 Å². The van der Waals surface area contributed by atoms with Crippen molar-refractivity contribution >= 4 is 38.4 Å². The number of benzene rings is 2. The number of methoxy groups -OCH3 is 1. The molecule has 0 fully saturated rings. The van der Waals surface area contributed by atoms with Crippen LogP contribution in [0.5, 0.6) is 5.75 Å². The summed E-state index contributed by atoms with van der Waals surface area (Å²) in [6.45, 7) is 7.91. The van der Waals surface area contributed by atoms with E-state index in [1.165, 1.54) is 34.4 Å². The zero-order chi connectivity index (χ0) is 23.8. The summed E-state index contributed by atoms with van der Waals surface area (Å²) in [4.78, 5) is 8.39. The summed E-state index contributed by atoms with van der Waals surface area (Å²) < 4.78 is 5.43. The van der Waals surface area contributed by atoms with E-state index >= 15 is 0 Å². The first-order valence-corrected chi connectivity index (χ1v) is 12.5. The molecule has 0 radical (unpaired) electrons. The predicted octanol–water partition coefficient (Wildman–Crippen LogP) is 4.30. The molecule has 0 aliphatic carbocycles. The van der Waals surface area contributed by atoms with Crippen molar-refractivity contribution < 1.29 is 4.74 Å². The molecule has 4 rings (SSSR count). The molecule has 0 aliphatic rings. The number of nitrogens with two attached hydrogens (primary N) is 1. The van der Waals surface area contributed by atoms with E-state index in [1.54, 1.807) is 7.11 Å². The van der Waals surface area contributed by atoms with Crippen LogP contribution in [0.4, 0.5) is 5.82 Å². The quantitative estimate of drug-likeness (QED) is 0.179. The lowest BCUT2D eigenvalue weighted by Crippen LogP contribution is -2.22. The molecule has 182 valence electrons. The lowest BCUT2D eigenvalue weighted by Gasteiger charge is -2.10. The van der Waals surface area contributed by atoms with E-state index in [0.29, 0.717) is 0 Å². The van der Waals surface area contributed by atoms with Crippen molar-refractivity contribution in [1.29, 1.82) is 0 Å². The Labute approximate surface area is 201 Å². The number of nitrogens with zero attached hydrogens (tertiary/aromatic N) is 1. The van der Waals surface area contributed by atoms with Crippen LogP contribution in [-0.4, -0.2) is 56.3 Å². The highest BCUT2D eigenvalue weighted by molar-refractivity contribution is 6.23. The summed E-state index contributed by atoms with van der Waals surface area (Å²) in [7, 11) is 1.71. The van der Waals surface area contributed by atoms with E-state index < -0.39 is 0 Å². The normalized spacial score (nSPS) is 11.6. The Balaban J connectivity index is 1.37. The first kappa shape index (κ1) is 24.3. The van der Waals surface area contributed by atoms with Crippen LogP contribution >= 0.6 is 0 Å². The highest BCUT2D eigenvalue weighted by Gasteiger charge is 2.15. The SMILES string of the molecule is COc1ccc2c(ccc3[nH]c4c(C)cnc(NCCCNCCCCNCCCN)c4c32)c1. The second-order valence-electron chi connectivity index (χ2n) is 8.87.